The van der Waals surface area contributed by atoms with E-state index in [0.29, 0.717) is 38.5 Å². The predicted molar refractivity (Wildman–Crippen MR) is 100.0 cm³/mol. The second-order valence-electron chi connectivity index (χ2n) is 7.13. The van der Waals surface area contributed by atoms with E-state index in [1.165, 1.54) is 37.8 Å². The SMILES string of the molecule is C[C@@H]1CCCN(S(=O)(=O)c2ccc(S(=O)(=O)N3CCN(C=O)CC3)cc2)C1. The molecule has 0 N–H and O–H groups in total. The van der Waals surface area contributed by atoms with E-state index in [4.69, 9.17) is 0 Å². The molecule has 2 heterocycles. The van der Waals surface area contributed by atoms with Gasteiger partial charge in [0.2, 0.25) is 26.5 Å². The third kappa shape index (κ3) is 4.18. The standard InChI is InChI=1S/C17H25N3O5S2/c1-15-3-2-8-20(13-15)27(24,25)17-6-4-16(5-7-17)26(22,23)19-11-9-18(14-21)10-12-19/h4-7,14-15H,2-3,8-13H2,1H3/t15-/m1/s1. The highest BCUT2D eigenvalue weighted by Crippen LogP contribution is 2.25. The van der Waals surface area contributed by atoms with E-state index in [1.807, 2.05) is 6.92 Å². The average Bonchev–Trinajstić information content (AvgIpc) is 2.68. The van der Waals surface area contributed by atoms with Crippen LogP contribution in [0.5, 0.6) is 0 Å². The lowest BCUT2D eigenvalue weighted by atomic mass is 10.0. The van der Waals surface area contributed by atoms with Gasteiger partial charge in [0, 0.05) is 39.3 Å². The lowest BCUT2D eigenvalue weighted by Crippen LogP contribution is -2.47. The van der Waals surface area contributed by atoms with Crippen LogP contribution < -0.4 is 0 Å². The third-order valence-electron chi connectivity index (χ3n) is 5.14. The first-order chi connectivity index (χ1) is 12.7. The number of carbonyl (C=O) groups is 1. The molecular weight excluding hydrogens is 390 g/mol. The zero-order valence-corrected chi connectivity index (χ0v) is 17.0. The Kier molecular flexibility index (Phi) is 5.90. The predicted octanol–water partition coefficient (Wildman–Crippen LogP) is 0.570. The Balaban J connectivity index is 1.77. The van der Waals surface area contributed by atoms with Gasteiger partial charge < -0.3 is 4.90 Å². The zero-order valence-electron chi connectivity index (χ0n) is 15.3. The Morgan fingerprint density at radius 1 is 0.852 bits per heavy atom. The van der Waals surface area contributed by atoms with Gasteiger partial charge in [-0.25, -0.2) is 16.8 Å². The van der Waals surface area contributed by atoms with Gasteiger partial charge in [0.15, 0.2) is 0 Å². The van der Waals surface area contributed by atoms with Gasteiger partial charge >= 0.3 is 0 Å². The van der Waals surface area contributed by atoms with Crippen molar-refractivity contribution in [3.63, 3.8) is 0 Å². The molecule has 2 aliphatic heterocycles. The van der Waals surface area contributed by atoms with Crippen LogP contribution in [0.25, 0.3) is 0 Å². The smallest absolute Gasteiger partial charge is 0.243 e. The van der Waals surface area contributed by atoms with Crippen LogP contribution in [0.1, 0.15) is 19.8 Å². The third-order valence-corrected chi connectivity index (χ3v) is 8.93. The molecule has 0 unspecified atom stereocenters. The van der Waals surface area contributed by atoms with E-state index in [9.17, 15) is 21.6 Å². The van der Waals surface area contributed by atoms with Crippen LogP contribution in [-0.4, -0.2) is 76.0 Å². The van der Waals surface area contributed by atoms with Crippen LogP contribution in [0.3, 0.4) is 0 Å². The molecule has 2 saturated heterocycles. The first kappa shape index (κ1) is 20.2. The quantitative estimate of drug-likeness (QED) is 0.655. The van der Waals surface area contributed by atoms with Crippen molar-refractivity contribution >= 4 is 26.5 Å². The van der Waals surface area contributed by atoms with Crippen molar-refractivity contribution < 1.29 is 21.6 Å². The van der Waals surface area contributed by atoms with Crippen LogP contribution in [0.15, 0.2) is 34.1 Å². The van der Waals surface area contributed by atoms with Gasteiger partial charge in [-0.2, -0.15) is 8.61 Å². The number of benzene rings is 1. The highest BCUT2D eigenvalue weighted by molar-refractivity contribution is 7.89. The normalized spacial score (nSPS) is 23.3. The summed E-state index contributed by atoms with van der Waals surface area (Å²) in [6.45, 7) is 4.17. The molecule has 1 aromatic carbocycles. The molecule has 1 amide bonds. The minimum atomic E-state index is -3.71. The first-order valence-corrected chi connectivity index (χ1v) is 11.9. The minimum absolute atomic E-state index is 0.0630. The molecule has 0 spiro atoms. The van der Waals surface area contributed by atoms with Gasteiger partial charge in [0.25, 0.3) is 0 Å². The molecule has 2 fully saturated rings. The summed E-state index contributed by atoms with van der Waals surface area (Å²) in [4.78, 5) is 12.5. The Labute approximate surface area is 160 Å². The molecule has 1 atom stereocenters. The molecular formula is C17H25N3O5S2. The molecule has 150 valence electrons. The molecule has 10 heteroatoms. The largest absolute Gasteiger partial charge is 0.343 e. The molecule has 0 saturated carbocycles. The number of rotatable bonds is 5. The topological polar surface area (TPSA) is 95.1 Å². The molecule has 0 aromatic heterocycles. The van der Waals surface area contributed by atoms with Crippen LogP contribution >= 0.6 is 0 Å². The number of piperazine rings is 1. The molecule has 0 aliphatic carbocycles. The molecule has 8 nitrogen and oxygen atoms in total. The monoisotopic (exact) mass is 415 g/mol. The maximum absolute atomic E-state index is 12.8. The maximum atomic E-state index is 12.8. The van der Waals surface area contributed by atoms with Crippen molar-refractivity contribution in [1.82, 2.24) is 13.5 Å². The summed E-state index contributed by atoms with van der Waals surface area (Å²) in [6, 6.07) is 5.43. The summed E-state index contributed by atoms with van der Waals surface area (Å²) in [5.41, 5.74) is 0. The van der Waals surface area contributed by atoms with Gasteiger partial charge in [0.1, 0.15) is 0 Å². The summed E-state index contributed by atoms with van der Waals surface area (Å²) in [6.07, 6.45) is 2.56. The number of amides is 1. The Bertz CT molecular complexity index is 876. The highest BCUT2D eigenvalue weighted by atomic mass is 32.2. The van der Waals surface area contributed by atoms with Crippen LogP contribution in [0, 0.1) is 5.92 Å². The minimum Gasteiger partial charge on any atom is -0.343 e. The van der Waals surface area contributed by atoms with Crippen molar-refractivity contribution in [2.24, 2.45) is 5.92 Å². The van der Waals surface area contributed by atoms with Crippen molar-refractivity contribution in [3.8, 4) is 0 Å². The lowest BCUT2D eigenvalue weighted by Gasteiger charge is -2.32. The summed E-state index contributed by atoms with van der Waals surface area (Å²) >= 11 is 0. The molecule has 27 heavy (non-hydrogen) atoms. The molecule has 0 radical (unpaired) electrons. The number of sulfonamides is 2. The zero-order chi connectivity index (χ0) is 19.7. The van der Waals surface area contributed by atoms with E-state index in [2.05, 4.69) is 0 Å². The number of hydrogen-bond donors (Lipinski definition) is 0. The second kappa shape index (κ2) is 7.86. The molecule has 0 bridgehead atoms. The summed E-state index contributed by atoms with van der Waals surface area (Å²) < 4.78 is 53.9. The Morgan fingerprint density at radius 3 is 1.85 bits per heavy atom. The fourth-order valence-corrected chi connectivity index (χ4v) is 6.52. The Morgan fingerprint density at radius 2 is 1.37 bits per heavy atom. The van der Waals surface area contributed by atoms with Crippen LogP contribution in [0.4, 0.5) is 0 Å². The van der Waals surface area contributed by atoms with E-state index < -0.39 is 20.0 Å². The van der Waals surface area contributed by atoms with E-state index in [0.717, 1.165) is 12.8 Å². The number of carbonyl (C=O) groups excluding carboxylic acids is 1. The first-order valence-electron chi connectivity index (χ1n) is 9.05. The van der Waals surface area contributed by atoms with Gasteiger partial charge in [-0.05, 0) is 43.0 Å². The Hall–Kier alpha value is -1.49. The fraction of sp³-hybridized carbons (Fsp3) is 0.588. The molecule has 1 aromatic rings. The highest BCUT2D eigenvalue weighted by Gasteiger charge is 2.31. The van der Waals surface area contributed by atoms with Gasteiger partial charge in [-0.1, -0.05) is 6.92 Å². The van der Waals surface area contributed by atoms with E-state index in [-0.39, 0.29) is 22.9 Å². The summed E-state index contributed by atoms with van der Waals surface area (Å²) in [5, 5.41) is 0. The van der Waals surface area contributed by atoms with Crippen molar-refractivity contribution in [2.75, 3.05) is 39.3 Å². The van der Waals surface area contributed by atoms with Gasteiger partial charge in [-0.3, -0.25) is 4.79 Å². The van der Waals surface area contributed by atoms with Gasteiger partial charge in [0.05, 0.1) is 9.79 Å². The number of hydrogen-bond acceptors (Lipinski definition) is 5. The van der Waals surface area contributed by atoms with E-state index >= 15 is 0 Å². The molecule has 3 rings (SSSR count). The average molecular weight is 416 g/mol. The van der Waals surface area contributed by atoms with Crippen LogP contribution in [0.2, 0.25) is 0 Å². The lowest BCUT2D eigenvalue weighted by molar-refractivity contribution is -0.119. The van der Waals surface area contributed by atoms with E-state index in [1.54, 1.807) is 0 Å². The van der Waals surface area contributed by atoms with Crippen LogP contribution in [-0.2, 0) is 24.8 Å². The van der Waals surface area contributed by atoms with Gasteiger partial charge in [-0.15, -0.1) is 0 Å². The second-order valence-corrected chi connectivity index (χ2v) is 11.0. The van der Waals surface area contributed by atoms with Crippen molar-refractivity contribution in [1.29, 1.82) is 0 Å². The number of piperidine rings is 1. The maximum Gasteiger partial charge on any atom is 0.243 e. The van der Waals surface area contributed by atoms with Crippen molar-refractivity contribution in [3.05, 3.63) is 24.3 Å². The summed E-state index contributed by atoms with van der Waals surface area (Å²) in [5.74, 6) is 0.318. The van der Waals surface area contributed by atoms with Crippen molar-refractivity contribution in [2.45, 2.75) is 29.6 Å². The number of nitrogens with zero attached hydrogens (tertiary/aromatic N) is 3. The summed E-state index contributed by atoms with van der Waals surface area (Å²) in [7, 11) is -7.32. The fourth-order valence-electron chi connectivity index (χ4n) is 3.50. The molecule has 2 aliphatic rings.